The molecule has 0 saturated carbocycles. The molecule has 7 heteroatoms. The van der Waals surface area contributed by atoms with E-state index >= 15 is 0 Å². The number of fused-ring (bicyclic) bond motifs is 1. The lowest BCUT2D eigenvalue weighted by Gasteiger charge is -2.33. The number of thioether (sulfide) groups is 1. The van der Waals surface area contributed by atoms with Gasteiger partial charge in [-0.25, -0.2) is 4.99 Å². The molecule has 0 bridgehead atoms. The van der Waals surface area contributed by atoms with Gasteiger partial charge in [0.15, 0.2) is 11.3 Å². The molecule has 2 unspecified atom stereocenters. The van der Waals surface area contributed by atoms with Gasteiger partial charge in [0.1, 0.15) is 12.3 Å². The van der Waals surface area contributed by atoms with Crippen LogP contribution in [-0.2, 0) is 9.59 Å². The van der Waals surface area contributed by atoms with E-state index in [1.807, 2.05) is 49.4 Å². The average Bonchev–Trinajstić information content (AvgIpc) is 3.05. The summed E-state index contributed by atoms with van der Waals surface area (Å²) in [5, 5.41) is 0.921. The molecular formula is C22H23N3O3S. The molecular weight excluding hydrogens is 386 g/mol. The third-order valence-corrected chi connectivity index (χ3v) is 5.95. The van der Waals surface area contributed by atoms with Gasteiger partial charge < -0.3 is 4.74 Å². The Hall–Kier alpha value is -2.80. The highest BCUT2D eigenvalue weighted by Gasteiger charge is 2.36. The Labute approximate surface area is 174 Å². The molecule has 0 aromatic heterocycles. The number of aliphatic imine (C=N–C) groups is 1. The van der Waals surface area contributed by atoms with Crippen molar-refractivity contribution >= 4 is 40.1 Å². The van der Waals surface area contributed by atoms with Crippen LogP contribution in [0.5, 0.6) is 5.75 Å². The number of hydrogen-bond donors (Lipinski definition) is 0. The van der Waals surface area contributed by atoms with E-state index in [-0.39, 0.29) is 23.6 Å². The Morgan fingerprint density at radius 3 is 2.79 bits per heavy atom. The van der Waals surface area contributed by atoms with Crippen molar-refractivity contribution in [2.24, 2.45) is 4.99 Å². The third kappa shape index (κ3) is 4.00. The number of rotatable bonds is 3. The van der Waals surface area contributed by atoms with Crippen LogP contribution in [0.15, 0.2) is 53.5 Å². The van der Waals surface area contributed by atoms with Gasteiger partial charge in [0.2, 0.25) is 5.91 Å². The van der Waals surface area contributed by atoms with Crippen LogP contribution >= 0.6 is 11.8 Å². The van der Waals surface area contributed by atoms with Crippen LogP contribution in [0.1, 0.15) is 19.4 Å². The second-order valence-electron chi connectivity index (χ2n) is 7.32. The van der Waals surface area contributed by atoms with Crippen molar-refractivity contribution in [3.05, 3.63) is 54.1 Å². The van der Waals surface area contributed by atoms with Crippen LogP contribution in [0.4, 0.5) is 11.4 Å². The molecule has 2 atom stereocenters. The van der Waals surface area contributed by atoms with Crippen LogP contribution in [0.25, 0.3) is 0 Å². The zero-order valence-electron chi connectivity index (χ0n) is 16.7. The van der Waals surface area contributed by atoms with E-state index < -0.39 is 6.10 Å². The van der Waals surface area contributed by atoms with Gasteiger partial charge in [-0.05, 0) is 43.7 Å². The van der Waals surface area contributed by atoms with Crippen molar-refractivity contribution in [2.45, 2.75) is 32.1 Å². The van der Waals surface area contributed by atoms with Crippen molar-refractivity contribution in [3.8, 4) is 5.75 Å². The van der Waals surface area contributed by atoms with Gasteiger partial charge in [0.05, 0.1) is 11.4 Å². The summed E-state index contributed by atoms with van der Waals surface area (Å²) in [6.07, 6.45) is -0.620. The lowest BCUT2D eigenvalue weighted by molar-refractivity contribution is -0.130. The van der Waals surface area contributed by atoms with Crippen molar-refractivity contribution < 1.29 is 14.3 Å². The fourth-order valence-electron chi connectivity index (χ4n) is 3.46. The van der Waals surface area contributed by atoms with Gasteiger partial charge in [0, 0.05) is 11.8 Å². The lowest BCUT2D eigenvalue weighted by Crippen LogP contribution is -2.49. The topological polar surface area (TPSA) is 62.2 Å². The average molecular weight is 410 g/mol. The summed E-state index contributed by atoms with van der Waals surface area (Å²) in [7, 11) is 0. The monoisotopic (exact) mass is 409 g/mol. The van der Waals surface area contributed by atoms with Crippen LogP contribution in [0.2, 0.25) is 0 Å². The maximum Gasteiger partial charge on any atom is 0.268 e. The highest BCUT2D eigenvalue weighted by Crippen LogP contribution is 2.34. The fraction of sp³-hybridized carbons (Fsp3) is 0.318. The van der Waals surface area contributed by atoms with Gasteiger partial charge in [-0.15, -0.1) is 0 Å². The first-order chi connectivity index (χ1) is 13.9. The van der Waals surface area contributed by atoms with E-state index in [0.29, 0.717) is 23.1 Å². The van der Waals surface area contributed by atoms with Crippen LogP contribution in [0.3, 0.4) is 0 Å². The molecule has 0 spiro atoms. The smallest absolute Gasteiger partial charge is 0.268 e. The molecule has 0 aliphatic carbocycles. The molecule has 2 aliphatic heterocycles. The third-order valence-electron chi connectivity index (χ3n) is 4.87. The molecule has 29 heavy (non-hydrogen) atoms. The zero-order chi connectivity index (χ0) is 20.5. The Kier molecular flexibility index (Phi) is 5.32. The minimum Gasteiger partial charge on any atom is -0.479 e. The quantitative estimate of drug-likeness (QED) is 0.774. The van der Waals surface area contributed by atoms with Gasteiger partial charge in [-0.3, -0.25) is 19.4 Å². The van der Waals surface area contributed by atoms with Gasteiger partial charge in [0.25, 0.3) is 5.91 Å². The zero-order valence-corrected chi connectivity index (χ0v) is 17.5. The number of benzene rings is 2. The summed E-state index contributed by atoms with van der Waals surface area (Å²) in [6, 6.07) is 15.2. The highest BCUT2D eigenvalue weighted by atomic mass is 32.2. The highest BCUT2D eigenvalue weighted by molar-refractivity contribution is 8.14. The number of amides is 2. The Morgan fingerprint density at radius 1 is 1.21 bits per heavy atom. The number of ether oxygens (including phenoxy) is 1. The van der Waals surface area contributed by atoms with E-state index in [1.165, 1.54) is 4.90 Å². The van der Waals surface area contributed by atoms with Gasteiger partial charge in [-0.2, -0.15) is 0 Å². The molecule has 1 fully saturated rings. The maximum atomic E-state index is 13.2. The number of carbonyl (C=O) groups is 2. The molecule has 6 nitrogen and oxygen atoms in total. The molecule has 0 N–H and O–H groups in total. The normalized spacial score (nSPS) is 22.6. The predicted molar refractivity (Wildman–Crippen MR) is 116 cm³/mol. The molecule has 1 saturated heterocycles. The van der Waals surface area contributed by atoms with Crippen LogP contribution < -0.4 is 9.64 Å². The maximum absolute atomic E-state index is 13.2. The molecule has 150 valence electrons. The number of amidine groups is 1. The standard InChI is InChI=1S/C22H23N3O3S/c1-14-7-6-8-17(11-14)23-22-25(12-15(2)29-22)20(26)13-24-18-9-4-5-10-19(18)28-16(3)21(24)27/h4-11,15-16H,12-13H2,1-3H3. The van der Waals surface area contributed by atoms with Crippen LogP contribution in [0, 0.1) is 6.92 Å². The number of para-hydroxylation sites is 2. The summed E-state index contributed by atoms with van der Waals surface area (Å²) in [5.41, 5.74) is 2.56. The Bertz CT molecular complexity index is 991. The molecule has 2 heterocycles. The van der Waals surface area contributed by atoms with E-state index in [9.17, 15) is 9.59 Å². The molecule has 2 aromatic rings. The van der Waals surface area contributed by atoms with Gasteiger partial charge in [-0.1, -0.05) is 43.0 Å². The first-order valence-electron chi connectivity index (χ1n) is 9.62. The number of aryl methyl sites for hydroxylation is 1. The second-order valence-corrected chi connectivity index (χ2v) is 8.72. The van der Waals surface area contributed by atoms with Crippen molar-refractivity contribution in [2.75, 3.05) is 18.0 Å². The summed E-state index contributed by atoms with van der Waals surface area (Å²) >= 11 is 1.58. The molecule has 2 amide bonds. The number of nitrogens with zero attached hydrogens (tertiary/aromatic N) is 3. The molecule has 2 aliphatic rings. The summed E-state index contributed by atoms with van der Waals surface area (Å²) in [4.78, 5) is 33.8. The van der Waals surface area contributed by atoms with Crippen molar-refractivity contribution in [1.82, 2.24) is 4.90 Å². The lowest BCUT2D eigenvalue weighted by atomic mass is 10.2. The Balaban J connectivity index is 1.59. The van der Waals surface area contributed by atoms with E-state index in [1.54, 1.807) is 29.7 Å². The SMILES string of the molecule is Cc1cccc(N=C2SC(C)CN2C(=O)CN2C(=O)C(C)Oc3ccccc32)c1. The van der Waals surface area contributed by atoms with Gasteiger partial charge >= 0.3 is 0 Å². The van der Waals surface area contributed by atoms with Crippen molar-refractivity contribution in [3.63, 3.8) is 0 Å². The summed E-state index contributed by atoms with van der Waals surface area (Å²) < 4.78 is 5.67. The Morgan fingerprint density at radius 2 is 2.00 bits per heavy atom. The largest absolute Gasteiger partial charge is 0.479 e. The molecule has 0 radical (unpaired) electrons. The summed E-state index contributed by atoms with van der Waals surface area (Å²) in [5.74, 6) is 0.254. The second kappa shape index (κ2) is 7.91. The first-order valence-corrected chi connectivity index (χ1v) is 10.5. The van der Waals surface area contributed by atoms with Crippen LogP contribution in [-0.4, -0.2) is 46.3 Å². The molecule has 4 rings (SSSR count). The predicted octanol–water partition coefficient (Wildman–Crippen LogP) is 3.76. The van der Waals surface area contributed by atoms with E-state index in [4.69, 9.17) is 9.73 Å². The number of anilines is 1. The fourth-order valence-corrected chi connectivity index (χ4v) is 4.51. The van der Waals surface area contributed by atoms with E-state index in [2.05, 4.69) is 6.92 Å². The number of hydrogen-bond acceptors (Lipinski definition) is 5. The molecule has 2 aromatic carbocycles. The minimum absolute atomic E-state index is 0.0380. The minimum atomic E-state index is -0.620. The number of carbonyl (C=O) groups excluding carboxylic acids is 2. The van der Waals surface area contributed by atoms with Crippen molar-refractivity contribution in [1.29, 1.82) is 0 Å². The summed E-state index contributed by atoms with van der Waals surface area (Å²) in [6.45, 7) is 6.32. The first kappa shape index (κ1) is 19.5. The van der Waals surface area contributed by atoms with E-state index in [0.717, 1.165) is 11.3 Å².